The van der Waals surface area contributed by atoms with Crippen LogP contribution in [0.3, 0.4) is 0 Å². The standard InChI is InChI=1S/C30H26Cl2N4O3S/c31-20-12-17-27(25(32)19-20)39-18-6-11-28(37)36-30(40)35-26-10-5-4-9-24(26)29(38)34-23-15-13-22(14-16-23)33-21-7-2-1-3-8-21/h1-5,7-10,12-17,19,33H,6,11,18H2,(H,34,38)(H2,35,36,37,40). The number of para-hydroxylation sites is 2. The van der Waals surface area contributed by atoms with E-state index in [0.717, 1.165) is 11.4 Å². The van der Waals surface area contributed by atoms with Gasteiger partial charge in [-0.05, 0) is 85.4 Å². The molecule has 0 bridgehead atoms. The van der Waals surface area contributed by atoms with Crippen molar-refractivity contribution >= 4 is 75.1 Å². The molecule has 40 heavy (non-hydrogen) atoms. The van der Waals surface area contributed by atoms with Crippen LogP contribution < -0.4 is 26.0 Å². The van der Waals surface area contributed by atoms with Crippen molar-refractivity contribution in [1.29, 1.82) is 0 Å². The number of anilines is 4. The van der Waals surface area contributed by atoms with Crippen molar-refractivity contribution in [2.75, 3.05) is 22.6 Å². The summed E-state index contributed by atoms with van der Waals surface area (Å²) >= 11 is 17.3. The molecule has 0 fully saturated rings. The molecule has 0 saturated heterocycles. The van der Waals surface area contributed by atoms with Gasteiger partial charge in [0, 0.05) is 28.5 Å². The molecule has 0 radical (unpaired) electrons. The lowest BCUT2D eigenvalue weighted by atomic mass is 10.1. The van der Waals surface area contributed by atoms with E-state index < -0.39 is 0 Å². The molecule has 0 aromatic heterocycles. The molecule has 2 amide bonds. The van der Waals surface area contributed by atoms with Crippen LogP contribution in [0.25, 0.3) is 0 Å². The van der Waals surface area contributed by atoms with Crippen molar-refractivity contribution in [1.82, 2.24) is 5.32 Å². The molecule has 0 atom stereocenters. The number of carbonyl (C=O) groups is 2. The van der Waals surface area contributed by atoms with E-state index in [9.17, 15) is 9.59 Å². The molecule has 10 heteroatoms. The Hall–Kier alpha value is -4.11. The molecule has 0 spiro atoms. The summed E-state index contributed by atoms with van der Waals surface area (Å²) < 4.78 is 5.60. The molecule has 4 N–H and O–H groups in total. The number of ether oxygens (including phenoxy) is 1. The fraction of sp³-hybridized carbons (Fsp3) is 0.100. The maximum Gasteiger partial charge on any atom is 0.257 e. The van der Waals surface area contributed by atoms with E-state index in [0.29, 0.717) is 45.8 Å². The number of rotatable bonds is 10. The second kappa shape index (κ2) is 14.3. The van der Waals surface area contributed by atoms with Crippen LogP contribution in [0, 0.1) is 0 Å². The zero-order valence-electron chi connectivity index (χ0n) is 21.2. The third kappa shape index (κ3) is 8.71. The molecule has 204 valence electrons. The summed E-state index contributed by atoms with van der Waals surface area (Å²) in [6, 6.07) is 29.1. The van der Waals surface area contributed by atoms with Crippen molar-refractivity contribution in [2.45, 2.75) is 12.8 Å². The molecular formula is C30H26Cl2N4O3S. The predicted octanol–water partition coefficient (Wildman–Crippen LogP) is 7.66. The molecule has 0 heterocycles. The Morgan fingerprint density at radius 3 is 2.20 bits per heavy atom. The van der Waals surface area contributed by atoms with E-state index in [1.807, 2.05) is 54.6 Å². The average molecular weight is 594 g/mol. The summed E-state index contributed by atoms with van der Waals surface area (Å²) in [7, 11) is 0. The Labute approximate surface area is 247 Å². The fourth-order valence-corrected chi connectivity index (χ4v) is 4.35. The first kappa shape index (κ1) is 28.9. The first-order chi connectivity index (χ1) is 19.4. The van der Waals surface area contributed by atoms with E-state index >= 15 is 0 Å². The zero-order chi connectivity index (χ0) is 28.3. The minimum absolute atomic E-state index is 0.0863. The highest BCUT2D eigenvalue weighted by molar-refractivity contribution is 7.80. The van der Waals surface area contributed by atoms with Gasteiger partial charge in [-0.2, -0.15) is 0 Å². The Bertz CT molecular complexity index is 1480. The summed E-state index contributed by atoms with van der Waals surface area (Å²) in [6.07, 6.45) is 0.635. The number of hydrogen-bond donors (Lipinski definition) is 4. The summed E-state index contributed by atoms with van der Waals surface area (Å²) in [4.78, 5) is 25.4. The third-order valence-electron chi connectivity index (χ3n) is 5.58. The van der Waals surface area contributed by atoms with E-state index in [1.165, 1.54) is 0 Å². The van der Waals surface area contributed by atoms with Crippen molar-refractivity contribution in [3.8, 4) is 5.75 Å². The number of nitrogens with one attached hydrogen (secondary N) is 4. The van der Waals surface area contributed by atoms with Gasteiger partial charge in [0.1, 0.15) is 5.75 Å². The number of amides is 2. The van der Waals surface area contributed by atoms with Crippen LogP contribution in [0.1, 0.15) is 23.2 Å². The van der Waals surface area contributed by atoms with Crippen molar-refractivity contribution in [2.24, 2.45) is 0 Å². The van der Waals surface area contributed by atoms with E-state index in [4.69, 9.17) is 40.2 Å². The van der Waals surface area contributed by atoms with Crippen LogP contribution in [0.4, 0.5) is 22.7 Å². The highest BCUT2D eigenvalue weighted by atomic mass is 35.5. The van der Waals surface area contributed by atoms with Gasteiger partial charge in [0.25, 0.3) is 5.91 Å². The lowest BCUT2D eigenvalue weighted by molar-refractivity contribution is -0.119. The average Bonchev–Trinajstić information content (AvgIpc) is 2.94. The van der Waals surface area contributed by atoms with Crippen LogP contribution in [-0.4, -0.2) is 23.5 Å². The number of thiocarbonyl (C=S) groups is 1. The van der Waals surface area contributed by atoms with Crippen LogP contribution in [-0.2, 0) is 4.79 Å². The quantitative estimate of drug-likeness (QED) is 0.112. The number of halogens is 2. The molecule has 4 aromatic rings. The number of hydrogen-bond acceptors (Lipinski definition) is 5. The van der Waals surface area contributed by atoms with Crippen LogP contribution in [0.5, 0.6) is 5.75 Å². The first-order valence-electron chi connectivity index (χ1n) is 12.4. The second-order valence-electron chi connectivity index (χ2n) is 8.60. The first-order valence-corrected chi connectivity index (χ1v) is 13.5. The number of benzene rings is 4. The Balaban J connectivity index is 1.25. The summed E-state index contributed by atoms with van der Waals surface area (Å²) in [5, 5.41) is 12.8. The third-order valence-corrected chi connectivity index (χ3v) is 6.31. The zero-order valence-corrected chi connectivity index (χ0v) is 23.6. The fourth-order valence-electron chi connectivity index (χ4n) is 3.66. The van der Waals surface area contributed by atoms with Crippen LogP contribution >= 0.6 is 35.4 Å². The lowest BCUT2D eigenvalue weighted by Gasteiger charge is -2.14. The van der Waals surface area contributed by atoms with Crippen molar-refractivity contribution in [3.63, 3.8) is 0 Å². The van der Waals surface area contributed by atoms with Gasteiger partial charge in [-0.15, -0.1) is 0 Å². The van der Waals surface area contributed by atoms with Gasteiger partial charge in [-0.1, -0.05) is 53.5 Å². The van der Waals surface area contributed by atoms with E-state index in [2.05, 4.69) is 21.3 Å². The van der Waals surface area contributed by atoms with Gasteiger partial charge in [0.15, 0.2) is 5.11 Å². The van der Waals surface area contributed by atoms with E-state index in [-0.39, 0.29) is 23.3 Å². The van der Waals surface area contributed by atoms with Gasteiger partial charge >= 0.3 is 0 Å². The second-order valence-corrected chi connectivity index (χ2v) is 9.85. The molecule has 0 saturated carbocycles. The largest absolute Gasteiger partial charge is 0.492 e. The highest BCUT2D eigenvalue weighted by Gasteiger charge is 2.14. The minimum atomic E-state index is -0.320. The number of carbonyl (C=O) groups excluding carboxylic acids is 2. The molecule has 7 nitrogen and oxygen atoms in total. The molecule has 0 aliphatic rings. The normalized spacial score (nSPS) is 10.3. The predicted molar refractivity (Wildman–Crippen MR) is 166 cm³/mol. The van der Waals surface area contributed by atoms with Gasteiger partial charge in [0.2, 0.25) is 5.91 Å². The molecule has 0 aliphatic carbocycles. The molecule has 0 aliphatic heterocycles. The summed E-state index contributed by atoms with van der Waals surface area (Å²) in [5.41, 5.74) is 3.34. The maximum absolute atomic E-state index is 13.0. The van der Waals surface area contributed by atoms with E-state index in [1.54, 1.807) is 42.5 Å². The maximum atomic E-state index is 13.0. The topological polar surface area (TPSA) is 91.5 Å². The van der Waals surface area contributed by atoms with Crippen molar-refractivity contribution in [3.05, 3.63) is 113 Å². The molecule has 4 rings (SSSR count). The van der Waals surface area contributed by atoms with Gasteiger partial charge in [-0.3, -0.25) is 9.59 Å². The summed E-state index contributed by atoms with van der Waals surface area (Å²) in [6.45, 7) is 0.293. The monoisotopic (exact) mass is 592 g/mol. The molecular weight excluding hydrogens is 567 g/mol. The van der Waals surface area contributed by atoms with Crippen LogP contribution in [0.2, 0.25) is 10.0 Å². The van der Waals surface area contributed by atoms with Gasteiger partial charge in [0.05, 0.1) is 22.9 Å². The Morgan fingerprint density at radius 1 is 0.775 bits per heavy atom. The van der Waals surface area contributed by atoms with Crippen molar-refractivity contribution < 1.29 is 14.3 Å². The lowest BCUT2D eigenvalue weighted by Crippen LogP contribution is -2.34. The Kier molecular flexibility index (Phi) is 10.3. The SMILES string of the molecule is O=C(CCCOc1ccc(Cl)cc1Cl)NC(=S)Nc1ccccc1C(=O)Nc1ccc(Nc2ccccc2)cc1. The van der Waals surface area contributed by atoms with Crippen LogP contribution in [0.15, 0.2) is 97.1 Å². The molecule has 0 unspecified atom stereocenters. The minimum Gasteiger partial charge on any atom is -0.492 e. The molecule has 4 aromatic carbocycles. The summed E-state index contributed by atoms with van der Waals surface area (Å²) in [5.74, 6) is -0.105. The van der Waals surface area contributed by atoms with Gasteiger partial charge < -0.3 is 26.0 Å². The Morgan fingerprint density at radius 2 is 1.45 bits per heavy atom. The highest BCUT2D eigenvalue weighted by Crippen LogP contribution is 2.27. The smallest absolute Gasteiger partial charge is 0.257 e. The van der Waals surface area contributed by atoms with Gasteiger partial charge in [-0.25, -0.2) is 0 Å².